The number of nitrogens with two attached hydrogens (primary N) is 1. The summed E-state index contributed by atoms with van der Waals surface area (Å²) in [5.74, 6) is -1.45. The maximum absolute atomic E-state index is 13.4. The van der Waals surface area contributed by atoms with Crippen LogP contribution in [0, 0.1) is 5.82 Å². The van der Waals surface area contributed by atoms with Crippen LogP contribution in [0.15, 0.2) is 12.1 Å². The van der Waals surface area contributed by atoms with Gasteiger partial charge in [0.15, 0.2) is 11.6 Å². The molecule has 0 unspecified atom stereocenters. The van der Waals surface area contributed by atoms with Crippen LogP contribution in [-0.2, 0) is 4.74 Å². The fourth-order valence-electron chi connectivity index (χ4n) is 2.19. The number of halogens is 3. The summed E-state index contributed by atoms with van der Waals surface area (Å²) in [5.41, 5.74) is 5.89. The molecular formula is C13H17F3N2O2. The Morgan fingerprint density at radius 2 is 2.10 bits per heavy atom. The molecule has 0 aliphatic heterocycles. The highest BCUT2D eigenvalue weighted by molar-refractivity contribution is 5.68. The van der Waals surface area contributed by atoms with Gasteiger partial charge in [-0.1, -0.05) is 0 Å². The SMILES string of the molecule is COC1(CNc2cc(OC(F)F)c(F)cc2N)CCC1. The van der Waals surface area contributed by atoms with Gasteiger partial charge < -0.3 is 20.5 Å². The van der Waals surface area contributed by atoms with E-state index in [0.29, 0.717) is 12.2 Å². The van der Waals surface area contributed by atoms with Crippen molar-refractivity contribution in [1.29, 1.82) is 0 Å². The number of hydrogen-bond donors (Lipinski definition) is 2. The summed E-state index contributed by atoms with van der Waals surface area (Å²) in [6, 6.07) is 2.10. The third-order valence-electron chi connectivity index (χ3n) is 3.62. The molecule has 0 radical (unpaired) electrons. The fourth-order valence-corrected chi connectivity index (χ4v) is 2.19. The van der Waals surface area contributed by atoms with Crippen molar-refractivity contribution in [3.8, 4) is 5.75 Å². The normalized spacial score (nSPS) is 16.9. The molecule has 0 atom stereocenters. The van der Waals surface area contributed by atoms with E-state index in [9.17, 15) is 13.2 Å². The Kier molecular flexibility index (Phi) is 4.27. The summed E-state index contributed by atoms with van der Waals surface area (Å²) in [5, 5.41) is 3.01. The lowest BCUT2D eigenvalue weighted by Crippen LogP contribution is -2.45. The van der Waals surface area contributed by atoms with Crippen molar-refractivity contribution in [1.82, 2.24) is 0 Å². The first-order chi connectivity index (χ1) is 9.46. The second kappa shape index (κ2) is 5.78. The van der Waals surface area contributed by atoms with E-state index in [0.717, 1.165) is 31.4 Å². The van der Waals surface area contributed by atoms with Crippen LogP contribution in [0.1, 0.15) is 19.3 Å². The molecule has 1 aliphatic carbocycles. The van der Waals surface area contributed by atoms with Gasteiger partial charge in [-0.15, -0.1) is 0 Å². The summed E-state index contributed by atoms with van der Waals surface area (Å²) in [7, 11) is 1.63. The molecule has 1 saturated carbocycles. The Bertz CT molecular complexity index is 473. The average molecular weight is 290 g/mol. The van der Waals surface area contributed by atoms with Gasteiger partial charge in [0.05, 0.1) is 17.0 Å². The van der Waals surface area contributed by atoms with Crippen LogP contribution >= 0.6 is 0 Å². The molecule has 1 aliphatic rings. The van der Waals surface area contributed by atoms with Crippen LogP contribution in [-0.4, -0.2) is 25.9 Å². The molecule has 0 saturated heterocycles. The van der Waals surface area contributed by atoms with E-state index < -0.39 is 18.2 Å². The van der Waals surface area contributed by atoms with E-state index in [-0.39, 0.29) is 11.3 Å². The molecular weight excluding hydrogens is 273 g/mol. The zero-order valence-electron chi connectivity index (χ0n) is 11.1. The Balaban J connectivity index is 2.10. The van der Waals surface area contributed by atoms with Crippen molar-refractivity contribution in [3.63, 3.8) is 0 Å². The lowest BCUT2D eigenvalue weighted by atomic mass is 9.80. The molecule has 0 bridgehead atoms. The smallest absolute Gasteiger partial charge is 0.387 e. The first-order valence-electron chi connectivity index (χ1n) is 6.29. The van der Waals surface area contributed by atoms with Crippen LogP contribution in [0.5, 0.6) is 5.75 Å². The van der Waals surface area contributed by atoms with Crippen LogP contribution in [0.4, 0.5) is 24.5 Å². The molecule has 0 amide bonds. The third-order valence-corrected chi connectivity index (χ3v) is 3.62. The van der Waals surface area contributed by atoms with Gasteiger partial charge in [0, 0.05) is 25.8 Å². The predicted octanol–water partition coefficient (Wildman–Crippen LogP) is 2.99. The van der Waals surface area contributed by atoms with Crippen LogP contribution in [0.2, 0.25) is 0 Å². The Hall–Kier alpha value is -1.63. The van der Waals surface area contributed by atoms with Crippen molar-refractivity contribution in [3.05, 3.63) is 17.9 Å². The Morgan fingerprint density at radius 3 is 2.60 bits per heavy atom. The highest BCUT2D eigenvalue weighted by Gasteiger charge is 2.36. The molecule has 0 heterocycles. The largest absolute Gasteiger partial charge is 0.432 e. The molecule has 20 heavy (non-hydrogen) atoms. The van der Waals surface area contributed by atoms with Gasteiger partial charge in [-0.3, -0.25) is 0 Å². The number of benzene rings is 1. The van der Waals surface area contributed by atoms with E-state index in [2.05, 4.69) is 10.1 Å². The van der Waals surface area contributed by atoms with Gasteiger partial charge in [0.25, 0.3) is 0 Å². The topological polar surface area (TPSA) is 56.5 Å². The van der Waals surface area contributed by atoms with Gasteiger partial charge >= 0.3 is 6.61 Å². The number of ether oxygens (including phenoxy) is 2. The van der Waals surface area contributed by atoms with Crippen molar-refractivity contribution in [2.45, 2.75) is 31.5 Å². The molecule has 112 valence electrons. The van der Waals surface area contributed by atoms with Crippen molar-refractivity contribution in [2.24, 2.45) is 0 Å². The number of nitrogen functional groups attached to an aromatic ring is 1. The number of anilines is 2. The van der Waals surface area contributed by atoms with Crippen LogP contribution in [0.3, 0.4) is 0 Å². The quantitative estimate of drug-likeness (QED) is 0.791. The van der Waals surface area contributed by atoms with Gasteiger partial charge in [0.1, 0.15) is 0 Å². The molecule has 0 spiro atoms. The number of alkyl halides is 2. The molecule has 0 aromatic heterocycles. The molecule has 1 aromatic rings. The minimum atomic E-state index is -3.09. The van der Waals surface area contributed by atoms with Crippen molar-refractivity contribution >= 4 is 11.4 Å². The summed E-state index contributed by atoms with van der Waals surface area (Å²) >= 11 is 0. The third kappa shape index (κ3) is 3.09. The zero-order valence-corrected chi connectivity index (χ0v) is 11.1. The summed E-state index contributed by atoms with van der Waals surface area (Å²) < 4.78 is 47.3. The lowest BCUT2D eigenvalue weighted by molar-refractivity contribution is -0.0602. The van der Waals surface area contributed by atoms with E-state index in [4.69, 9.17) is 10.5 Å². The minimum Gasteiger partial charge on any atom is -0.432 e. The second-order valence-electron chi connectivity index (χ2n) is 4.84. The molecule has 2 rings (SSSR count). The summed E-state index contributed by atoms with van der Waals surface area (Å²) in [6.07, 6.45) is 2.91. The van der Waals surface area contributed by atoms with Gasteiger partial charge in [-0.2, -0.15) is 8.78 Å². The molecule has 1 fully saturated rings. The maximum Gasteiger partial charge on any atom is 0.387 e. The first kappa shape index (κ1) is 14.8. The van der Waals surface area contributed by atoms with E-state index in [1.54, 1.807) is 7.11 Å². The van der Waals surface area contributed by atoms with Gasteiger partial charge in [-0.25, -0.2) is 4.39 Å². The standard InChI is InChI=1S/C13H17F3N2O2/c1-19-13(3-2-4-13)7-18-10-6-11(20-12(15)16)8(14)5-9(10)17/h5-6,12,18H,2-4,7,17H2,1H3. The minimum absolute atomic E-state index is 0.134. The summed E-state index contributed by atoms with van der Waals surface area (Å²) in [6.45, 7) is -2.61. The molecule has 3 N–H and O–H groups in total. The Labute approximate surface area is 115 Å². The first-order valence-corrected chi connectivity index (χ1v) is 6.29. The summed E-state index contributed by atoms with van der Waals surface area (Å²) in [4.78, 5) is 0. The van der Waals surface area contributed by atoms with E-state index in [1.165, 1.54) is 0 Å². The van der Waals surface area contributed by atoms with Crippen molar-refractivity contribution in [2.75, 3.05) is 24.7 Å². The highest BCUT2D eigenvalue weighted by atomic mass is 19.3. The highest BCUT2D eigenvalue weighted by Crippen LogP contribution is 2.36. The van der Waals surface area contributed by atoms with Gasteiger partial charge in [0.2, 0.25) is 0 Å². The van der Waals surface area contributed by atoms with E-state index >= 15 is 0 Å². The number of rotatable bonds is 6. The molecule has 7 heteroatoms. The van der Waals surface area contributed by atoms with Crippen molar-refractivity contribution < 1.29 is 22.6 Å². The fraction of sp³-hybridized carbons (Fsp3) is 0.538. The zero-order chi connectivity index (χ0) is 14.8. The Morgan fingerprint density at radius 1 is 1.40 bits per heavy atom. The predicted molar refractivity (Wildman–Crippen MR) is 69.5 cm³/mol. The molecule has 1 aromatic carbocycles. The van der Waals surface area contributed by atoms with Gasteiger partial charge in [-0.05, 0) is 19.3 Å². The van der Waals surface area contributed by atoms with Crippen LogP contribution < -0.4 is 15.8 Å². The van der Waals surface area contributed by atoms with E-state index in [1.807, 2.05) is 0 Å². The number of nitrogens with one attached hydrogen (secondary N) is 1. The molecule has 4 nitrogen and oxygen atoms in total. The average Bonchev–Trinajstić information content (AvgIpc) is 2.33. The number of methoxy groups -OCH3 is 1. The monoisotopic (exact) mass is 290 g/mol. The van der Waals surface area contributed by atoms with Crippen LogP contribution in [0.25, 0.3) is 0 Å². The second-order valence-corrected chi connectivity index (χ2v) is 4.84. The lowest BCUT2D eigenvalue weighted by Gasteiger charge is -2.40. The number of hydrogen-bond acceptors (Lipinski definition) is 4. The maximum atomic E-state index is 13.4.